The minimum Gasteiger partial charge on any atom is -0.393 e. The van der Waals surface area contributed by atoms with Gasteiger partial charge in [-0.15, -0.1) is 0 Å². The van der Waals surface area contributed by atoms with E-state index in [9.17, 15) is 9.90 Å². The zero-order chi connectivity index (χ0) is 15.3. The van der Waals surface area contributed by atoms with E-state index >= 15 is 0 Å². The lowest BCUT2D eigenvalue weighted by molar-refractivity contribution is -0.124. The van der Waals surface area contributed by atoms with Crippen molar-refractivity contribution in [2.75, 3.05) is 0 Å². The molecule has 6 atom stereocenters. The summed E-state index contributed by atoms with van der Waals surface area (Å²) in [6.45, 7) is 4.91. The van der Waals surface area contributed by atoms with Crippen molar-refractivity contribution in [3.63, 3.8) is 0 Å². The summed E-state index contributed by atoms with van der Waals surface area (Å²) in [5.41, 5.74) is 4.50. The third kappa shape index (κ3) is 1.36. The fraction of sp³-hybridized carbons (Fsp3) is 0.850. The predicted octanol–water partition coefficient (Wildman–Crippen LogP) is 4.02. The molecule has 3 saturated carbocycles. The van der Waals surface area contributed by atoms with Crippen LogP contribution in [0.5, 0.6) is 0 Å². The summed E-state index contributed by atoms with van der Waals surface area (Å²) < 4.78 is 0. The first-order valence-electron chi connectivity index (χ1n) is 9.33. The van der Waals surface area contributed by atoms with Gasteiger partial charge in [-0.2, -0.15) is 0 Å². The highest BCUT2D eigenvalue weighted by Crippen LogP contribution is 2.81. The van der Waals surface area contributed by atoms with Gasteiger partial charge >= 0.3 is 0 Å². The zero-order valence-corrected chi connectivity index (χ0v) is 14.0. The number of rotatable bonds is 0. The van der Waals surface area contributed by atoms with Crippen molar-refractivity contribution in [3.8, 4) is 0 Å². The molecule has 0 aromatic rings. The van der Waals surface area contributed by atoms with E-state index in [-0.39, 0.29) is 11.5 Å². The van der Waals surface area contributed by atoms with Gasteiger partial charge in [-0.3, -0.25) is 4.79 Å². The van der Waals surface area contributed by atoms with Crippen LogP contribution in [0.25, 0.3) is 0 Å². The molecule has 0 radical (unpaired) electrons. The van der Waals surface area contributed by atoms with Gasteiger partial charge in [0.2, 0.25) is 0 Å². The number of hydrogen-bond donors (Lipinski definition) is 1. The van der Waals surface area contributed by atoms with Crippen molar-refractivity contribution in [2.45, 2.75) is 77.7 Å². The summed E-state index contributed by atoms with van der Waals surface area (Å²) in [6, 6.07) is 0. The topological polar surface area (TPSA) is 37.3 Å². The molecule has 1 unspecified atom stereocenters. The number of fused-ring (bicyclic) bond motifs is 2. The van der Waals surface area contributed by atoms with Crippen LogP contribution >= 0.6 is 0 Å². The SMILES string of the molecule is CC12CCC(=O)C[C@@H]1CCC1=C2CC[C@]2(C)C[C@H](O)[C@@H]3C[C@@]132. The number of ketones is 1. The average molecular weight is 300 g/mol. The number of allylic oxidation sites excluding steroid dienone is 2. The molecule has 5 aliphatic carbocycles. The largest absolute Gasteiger partial charge is 0.393 e. The second kappa shape index (κ2) is 3.88. The van der Waals surface area contributed by atoms with Gasteiger partial charge < -0.3 is 5.11 Å². The summed E-state index contributed by atoms with van der Waals surface area (Å²) in [6.07, 6.45) is 9.80. The van der Waals surface area contributed by atoms with E-state index in [1.54, 1.807) is 11.1 Å². The highest BCUT2D eigenvalue weighted by Gasteiger charge is 2.75. The standard InChI is InChI=1S/C20H28O2/c1-18-7-6-14-15(20(18)10-16(20)17(22)11-18)4-3-12-9-13(21)5-8-19(12,14)2/h12,16-17,22H,3-11H2,1-2H3/t12-,16-,17-,18+,19?,20+/m0/s1. The number of Topliss-reactive ketones (excluding diaryl/α,β-unsaturated/α-hetero) is 1. The van der Waals surface area contributed by atoms with Gasteiger partial charge in [0.25, 0.3) is 0 Å². The summed E-state index contributed by atoms with van der Waals surface area (Å²) in [7, 11) is 0. The van der Waals surface area contributed by atoms with Crippen molar-refractivity contribution in [3.05, 3.63) is 11.1 Å². The molecule has 0 heterocycles. The summed E-state index contributed by atoms with van der Waals surface area (Å²) in [5, 5.41) is 10.5. The molecule has 3 fully saturated rings. The number of aliphatic hydroxyl groups is 1. The number of hydrogen-bond acceptors (Lipinski definition) is 2. The molecule has 120 valence electrons. The average Bonchev–Trinajstić information content (AvgIpc) is 3.17. The fourth-order valence-electron chi connectivity index (χ4n) is 7.44. The third-order valence-corrected chi connectivity index (χ3v) is 8.78. The van der Waals surface area contributed by atoms with Gasteiger partial charge in [0.1, 0.15) is 5.78 Å². The Morgan fingerprint density at radius 1 is 1.05 bits per heavy atom. The normalized spacial score (nSPS) is 56.1. The van der Waals surface area contributed by atoms with Crippen LogP contribution in [0.2, 0.25) is 0 Å². The molecule has 0 bridgehead atoms. The molecule has 1 spiro atoms. The van der Waals surface area contributed by atoms with Crippen LogP contribution in [0.3, 0.4) is 0 Å². The van der Waals surface area contributed by atoms with Gasteiger partial charge in [0.15, 0.2) is 0 Å². The Morgan fingerprint density at radius 2 is 1.86 bits per heavy atom. The smallest absolute Gasteiger partial charge is 0.133 e. The van der Waals surface area contributed by atoms with Crippen LogP contribution in [0.1, 0.15) is 71.6 Å². The van der Waals surface area contributed by atoms with Crippen LogP contribution in [-0.4, -0.2) is 17.0 Å². The first-order chi connectivity index (χ1) is 10.4. The molecule has 5 aliphatic rings. The molecule has 2 heteroatoms. The van der Waals surface area contributed by atoms with Crippen molar-refractivity contribution in [1.29, 1.82) is 0 Å². The molecule has 0 aromatic heterocycles. The molecular weight excluding hydrogens is 272 g/mol. The van der Waals surface area contributed by atoms with Gasteiger partial charge in [0, 0.05) is 18.3 Å². The number of aliphatic hydroxyl groups excluding tert-OH is 1. The molecule has 0 aliphatic heterocycles. The maximum absolute atomic E-state index is 11.9. The summed E-state index contributed by atoms with van der Waals surface area (Å²) in [4.78, 5) is 11.9. The lowest BCUT2D eigenvalue weighted by Crippen LogP contribution is -2.44. The Bertz CT molecular complexity index is 605. The molecular formula is C20H28O2. The van der Waals surface area contributed by atoms with E-state index in [1.165, 1.54) is 32.1 Å². The van der Waals surface area contributed by atoms with E-state index in [2.05, 4.69) is 13.8 Å². The molecule has 2 nitrogen and oxygen atoms in total. The van der Waals surface area contributed by atoms with Crippen molar-refractivity contribution >= 4 is 5.78 Å². The first-order valence-corrected chi connectivity index (χ1v) is 9.33. The van der Waals surface area contributed by atoms with E-state index in [0.717, 1.165) is 25.7 Å². The minimum atomic E-state index is -0.0599. The van der Waals surface area contributed by atoms with Gasteiger partial charge in [0.05, 0.1) is 6.10 Å². The number of carbonyl (C=O) groups excluding carboxylic acids is 1. The fourth-order valence-corrected chi connectivity index (χ4v) is 7.44. The van der Waals surface area contributed by atoms with Crippen molar-refractivity contribution in [1.82, 2.24) is 0 Å². The van der Waals surface area contributed by atoms with Crippen LogP contribution in [0.15, 0.2) is 11.1 Å². The predicted molar refractivity (Wildman–Crippen MR) is 85.2 cm³/mol. The zero-order valence-electron chi connectivity index (χ0n) is 14.0. The molecule has 0 aromatic carbocycles. The lowest BCUT2D eigenvalue weighted by Gasteiger charge is -2.54. The van der Waals surface area contributed by atoms with Crippen LogP contribution in [-0.2, 0) is 4.79 Å². The Hall–Kier alpha value is -0.630. The highest BCUT2D eigenvalue weighted by molar-refractivity contribution is 5.80. The van der Waals surface area contributed by atoms with Gasteiger partial charge in [-0.05, 0) is 67.6 Å². The Balaban J connectivity index is 1.62. The Labute approximate surface area is 133 Å². The highest BCUT2D eigenvalue weighted by atomic mass is 16.3. The maximum atomic E-state index is 11.9. The monoisotopic (exact) mass is 300 g/mol. The van der Waals surface area contributed by atoms with Crippen molar-refractivity contribution < 1.29 is 9.90 Å². The van der Waals surface area contributed by atoms with Crippen molar-refractivity contribution in [2.24, 2.45) is 28.1 Å². The van der Waals surface area contributed by atoms with E-state index in [1.807, 2.05) is 0 Å². The van der Waals surface area contributed by atoms with Gasteiger partial charge in [-0.1, -0.05) is 25.0 Å². The Morgan fingerprint density at radius 3 is 2.64 bits per heavy atom. The third-order valence-electron chi connectivity index (χ3n) is 8.78. The minimum absolute atomic E-state index is 0.0599. The molecule has 0 saturated heterocycles. The molecule has 1 N–H and O–H groups in total. The number of carbonyl (C=O) groups is 1. The second-order valence-corrected chi connectivity index (χ2v) is 9.47. The van der Waals surface area contributed by atoms with E-state index in [0.29, 0.717) is 28.4 Å². The van der Waals surface area contributed by atoms with Crippen LogP contribution < -0.4 is 0 Å². The quantitative estimate of drug-likeness (QED) is 0.686. The molecule has 22 heavy (non-hydrogen) atoms. The van der Waals surface area contributed by atoms with Crippen LogP contribution in [0, 0.1) is 28.1 Å². The van der Waals surface area contributed by atoms with Crippen LogP contribution in [0.4, 0.5) is 0 Å². The first kappa shape index (κ1) is 13.8. The van der Waals surface area contributed by atoms with E-state index < -0.39 is 0 Å². The maximum Gasteiger partial charge on any atom is 0.133 e. The lowest BCUT2D eigenvalue weighted by atomic mass is 9.50. The Kier molecular flexibility index (Phi) is 2.43. The molecule has 0 amide bonds. The second-order valence-electron chi connectivity index (χ2n) is 9.47. The summed E-state index contributed by atoms with van der Waals surface area (Å²) >= 11 is 0. The summed E-state index contributed by atoms with van der Waals surface area (Å²) in [5.74, 6) is 1.64. The molecule has 5 rings (SSSR count). The van der Waals surface area contributed by atoms with Gasteiger partial charge in [-0.25, -0.2) is 0 Å². The van der Waals surface area contributed by atoms with E-state index in [4.69, 9.17) is 0 Å².